The van der Waals surface area contributed by atoms with Gasteiger partial charge in [-0.3, -0.25) is 4.72 Å². The van der Waals surface area contributed by atoms with E-state index in [1.54, 1.807) is 18.3 Å². The van der Waals surface area contributed by atoms with Crippen LogP contribution in [-0.2, 0) is 10.0 Å². The fourth-order valence-electron chi connectivity index (χ4n) is 2.53. The molecule has 3 aromatic rings. The van der Waals surface area contributed by atoms with Gasteiger partial charge in [0.05, 0.1) is 5.69 Å². The molecule has 0 aliphatic carbocycles. The Hall–Kier alpha value is -3.06. The third-order valence-electron chi connectivity index (χ3n) is 3.67. The van der Waals surface area contributed by atoms with E-state index >= 15 is 0 Å². The Balaban J connectivity index is 1.65. The van der Waals surface area contributed by atoms with Crippen LogP contribution in [-0.4, -0.2) is 19.3 Å². The molecule has 0 atom stereocenters. The van der Waals surface area contributed by atoms with Gasteiger partial charge in [0.25, 0.3) is 10.0 Å². The number of pyridine rings is 1. The van der Waals surface area contributed by atoms with Crippen LogP contribution in [0.4, 0.5) is 5.69 Å². The number of hydrogen-bond donors (Lipinski definition) is 1. The first-order chi connectivity index (χ1) is 12.1. The minimum absolute atomic E-state index is 0.383. The molecule has 0 bridgehead atoms. The maximum atomic E-state index is 11.8. The van der Waals surface area contributed by atoms with Gasteiger partial charge < -0.3 is 9.47 Å². The van der Waals surface area contributed by atoms with Gasteiger partial charge >= 0.3 is 0 Å². The van der Waals surface area contributed by atoms with Crippen LogP contribution in [0.2, 0.25) is 0 Å². The van der Waals surface area contributed by atoms with E-state index in [0.717, 1.165) is 5.56 Å². The van der Waals surface area contributed by atoms with E-state index in [1.807, 2.05) is 48.5 Å². The van der Waals surface area contributed by atoms with Gasteiger partial charge in [-0.1, -0.05) is 30.3 Å². The predicted molar refractivity (Wildman–Crippen MR) is 94.2 cm³/mol. The molecule has 1 aliphatic heterocycles. The lowest BCUT2D eigenvalue weighted by Crippen LogP contribution is -2.25. The van der Waals surface area contributed by atoms with Gasteiger partial charge in [0.2, 0.25) is 11.8 Å². The molecule has 0 unspecified atom stereocenters. The molecule has 1 aliphatic rings. The number of benzene rings is 2. The van der Waals surface area contributed by atoms with Crippen molar-refractivity contribution < 1.29 is 17.9 Å². The van der Waals surface area contributed by atoms with Gasteiger partial charge in [-0.15, -0.1) is 0 Å². The summed E-state index contributed by atoms with van der Waals surface area (Å²) in [5.74, 6) is 1.26. The van der Waals surface area contributed by atoms with E-state index in [-0.39, 0.29) is 5.94 Å². The van der Waals surface area contributed by atoms with Crippen LogP contribution in [0.15, 0.2) is 66.9 Å². The molecule has 1 aromatic heterocycles. The Labute approximate surface area is 145 Å². The summed E-state index contributed by atoms with van der Waals surface area (Å²) < 4.78 is 37.1. The maximum Gasteiger partial charge on any atom is 0.268 e. The van der Waals surface area contributed by atoms with Crippen molar-refractivity contribution in [2.24, 2.45) is 0 Å². The maximum absolute atomic E-state index is 11.8. The second-order valence-electron chi connectivity index (χ2n) is 5.46. The lowest BCUT2D eigenvalue weighted by Gasteiger charge is -2.21. The van der Waals surface area contributed by atoms with Crippen molar-refractivity contribution >= 4 is 15.7 Å². The highest BCUT2D eigenvalue weighted by Crippen LogP contribution is 2.39. The lowest BCUT2D eigenvalue weighted by atomic mass is 10.1. The molecular formula is C18H14N2O4S. The number of ether oxygens (including phenoxy) is 2. The van der Waals surface area contributed by atoms with Gasteiger partial charge in [0.15, 0.2) is 0 Å². The number of anilines is 1. The molecule has 0 fully saturated rings. The number of nitrogens with zero attached hydrogens (tertiary/aromatic N) is 1. The van der Waals surface area contributed by atoms with Crippen LogP contribution >= 0.6 is 0 Å². The normalized spacial score (nSPS) is 14.7. The van der Waals surface area contributed by atoms with Gasteiger partial charge in [0.1, 0.15) is 11.5 Å². The highest BCUT2D eigenvalue weighted by atomic mass is 32.2. The monoisotopic (exact) mass is 354 g/mol. The van der Waals surface area contributed by atoms with Crippen LogP contribution in [0.3, 0.4) is 0 Å². The molecule has 0 saturated carbocycles. The van der Waals surface area contributed by atoms with E-state index in [4.69, 9.17) is 9.47 Å². The lowest BCUT2D eigenvalue weighted by molar-refractivity contribution is 0.374. The van der Waals surface area contributed by atoms with E-state index in [9.17, 15) is 8.42 Å². The van der Waals surface area contributed by atoms with E-state index in [0.29, 0.717) is 28.6 Å². The highest BCUT2D eigenvalue weighted by Gasteiger charge is 2.24. The zero-order chi connectivity index (χ0) is 17.3. The van der Waals surface area contributed by atoms with Crippen molar-refractivity contribution in [3.05, 3.63) is 66.9 Å². The quantitative estimate of drug-likeness (QED) is 0.777. The molecule has 0 amide bonds. The van der Waals surface area contributed by atoms with Crippen LogP contribution in [0.1, 0.15) is 0 Å². The average Bonchev–Trinajstić information content (AvgIpc) is 2.62. The first-order valence-electron chi connectivity index (χ1n) is 7.56. The molecule has 2 aromatic carbocycles. The van der Waals surface area contributed by atoms with E-state index in [1.165, 1.54) is 0 Å². The number of hydrogen-bond acceptors (Lipinski definition) is 5. The zero-order valence-corrected chi connectivity index (χ0v) is 13.9. The summed E-state index contributed by atoms with van der Waals surface area (Å²) in [6, 6.07) is 18.3. The van der Waals surface area contributed by atoms with E-state index < -0.39 is 10.0 Å². The Morgan fingerprint density at radius 2 is 1.84 bits per heavy atom. The largest absolute Gasteiger partial charge is 0.474 e. The molecule has 4 rings (SSSR count). The van der Waals surface area contributed by atoms with Crippen LogP contribution in [0, 0.1) is 0 Å². The molecular weight excluding hydrogens is 340 g/mol. The van der Waals surface area contributed by atoms with Crippen molar-refractivity contribution in [3.63, 3.8) is 0 Å². The third kappa shape index (κ3) is 3.27. The summed E-state index contributed by atoms with van der Waals surface area (Å²) in [6.07, 6.45) is 1.64. The second-order valence-corrected chi connectivity index (χ2v) is 7.13. The number of nitrogens with one attached hydrogen (secondary N) is 1. The molecule has 1 N–H and O–H groups in total. The second kappa shape index (κ2) is 6.10. The number of rotatable bonds is 3. The number of fused-ring (bicyclic) bond motifs is 1. The Morgan fingerprint density at radius 1 is 1.00 bits per heavy atom. The Morgan fingerprint density at radius 3 is 2.60 bits per heavy atom. The molecule has 126 valence electrons. The number of sulfonamides is 1. The first kappa shape index (κ1) is 15.5. The molecule has 25 heavy (non-hydrogen) atoms. The third-order valence-corrected chi connectivity index (χ3v) is 4.61. The standard InChI is InChI=1S/C18H14N2O4S/c21-25(22)12-23-16-8-4-7-15(18(16)20-25)13-9-10-17(19-11-13)24-14-5-2-1-3-6-14/h1-11,20H,12H2. The molecule has 0 radical (unpaired) electrons. The van der Waals surface area contributed by atoms with Gasteiger partial charge in [-0.05, 0) is 24.3 Å². The summed E-state index contributed by atoms with van der Waals surface area (Å²) in [5.41, 5.74) is 1.87. The predicted octanol–water partition coefficient (Wildman–Crippen LogP) is 3.63. The van der Waals surface area contributed by atoms with Crippen LogP contribution in [0.25, 0.3) is 11.1 Å². The van der Waals surface area contributed by atoms with Crippen molar-refractivity contribution in [2.75, 3.05) is 10.7 Å². The molecule has 0 spiro atoms. The minimum Gasteiger partial charge on any atom is -0.474 e. The SMILES string of the molecule is O=S1(=O)COc2cccc(-c3ccc(Oc4ccccc4)nc3)c2N1. The summed E-state index contributed by atoms with van der Waals surface area (Å²) >= 11 is 0. The van der Waals surface area contributed by atoms with Gasteiger partial charge in [-0.25, -0.2) is 13.4 Å². The van der Waals surface area contributed by atoms with Crippen molar-refractivity contribution in [1.29, 1.82) is 0 Å². The smallest absolute Gasteiger partial charge is 0.268 e. The van der Waals surface area contributed by atoms with Crippen molar-refractivity contribution in [2.45, 2.75) is 0 Å². The average molecular weight is 354 g/mol. The fourth-order valence-corrected chi connectivity index (χ4v) is 3.40. The molecule has 0 saturated heterocycles. The Bertz CT molecular complexity index is 1000. The summed E-state index contributed by atoms with van der Waals surface area (Å²) in [6.45, 7) is 0. The van der Waals surface area contributed by atoms with Gasteiger partial charge in [-0.2, -0.15) is 0 Å². The number of aromatic nitrogens is 1. The van der Waals surface area contributed by atoms with Crippen LogP contribution in [0.5, 0.6) is 17.4 Å². The summed E-state index contributed by atoms with van der Waals surface area (Å²) in [7, 11) is -3.49. The van der Waals surface area contributed by atoms with Crippen LogP contribution < -0.4 is 14.2 Å². The number of para-hydroxylation sites is 2. The molecule has 2 heterocycles. The zero-order valence-electron chi connectivity index (χ0n) is 13.0. The minimum atomic E-state index is -3.49. The van der Waals surface area contributed by atoms with E-state index in [2.05, 4.69) is 9.71 Å². The first-order valence-corrected chi connectivity index (χ1v) is 9.22. The molecule has 7 heteroatoms. The topological polar surface area (TPSA) is 77.5 Å². The highest BCUT2D eigenvalue weighted by molar-refractivity contribution is 7.92. The van der Waals surface area contributed by atoms with Gasteiger partial charge in [0, 0.05) is 23.4 Å². The fraction of sp³-hybridized carbons (Fsp3) is 0.0556. The summed E-state index contributed by atoms with van der Waals surface area (Å²) in [5, 5.41) is 0. The van der Waals surface area contributed by atoms with Crippen molar-refractivity contribution in [1.82, 2.24) is 4.98 Å². The Kier molecular flexibility index (Phi) is 3.77. The molecule has 6 nitrogen and oxygen atoms in total. The summed E-state index contributed by atoms with van der Waals surface area (Å²) in [4.78, 5) is 4.30. The van der Waals surface area contributed by atoms with Crippen molar-refractivity contribution in [3.8, 4) is 28.5 Å².